The average Bonchev–Trinajstić information content (AvgIpc) is 3.31. The number of hydrogen-bond donors (Lipinski definition) is 2. The van der Waals surface area contributed by atoms with Crippen molar-refractivity contribution in [2.24, 2.45) is 5.92 Å². The van der Waals surface area contributed by atoms with Crippen molar-refractivity contribution >= 4 is 11.8 Å². The van der Waals surface area contributed by atoms with Gasteiger partial charge in [0.05, 0.1) is 12.1 Å². The SMILES string of the molecule is CNC(=O)c1cc(C(=O)N[C@H]2C[C@H]2C)cn(Cc2ccccc2)c1=O. The normalized spacial score (nSPS) is 18.5. The zero-order chi connectivity index (χ0) is 18.0. The third kappa shape index (κ3) is 3.79. The quantitative estimate of drug-likeness (QED) is 0.864. The van der Waals surface area contributed by atoms with E-state index in [2.05, 4.69) is 17.6 Å². The first-order valence-corrected chi connectivity index (χ1v) is 8.31. The molecule has 1 aliphatic carbocycles. The fraction of sp³-hybridized carbons (Fsp3) is 0.316. The van der Waals surface area contributed by atoms with Crippen LogP contribution in [-0.4, -0.2) is 29.5 Å². The number of pyridine rings is 1. The third-order valence-electron chi connectivity index (χ3n) is 4.44. The monoisotopic (exact) mass is 339 g/mol. The molecular formula is C19H21N3O3. The molecule has 2 amide bonds. The summed E-state index contributed by atoms with van der Waals surface area (Å²) in [6, 6.07) is 11.0. The average molecular weight is 339 g/mol. The van der Waals surface area contributed by atoms with Gasteiger partial charge in [-0.25, -0.2) is 0 Å². The van der Waals surface area contributed by atoms with E-state index >= 15 is 0 Å². The summed E-state index contributed by atoms with van der Waals surface area (Å²) >= 11 is 0. The summed E-state index contributed by atoms with van der Waals surface area (Å²) < 4.78 is 1.41. The first kappa shape index (κ1) is 17.0. The number of hydrogen-bond acceptors (Lipinski definition) is 3. The van der Waals surface area contributed by atoms with Crippen molar-refractivity contribution in [2.45, 2.75) is 25.9 Å². The molecule has 3 rings (SSSR count). The Kier molecular flexibility index (Phi) is 4.70. The van der Waals surface area contributed by atoms with Crippen molar-refractivity contribution in [3.63, 3.8) is 0 Å². The van der Waals surface area contributed by atoms with Gasteiger partial charge in [0, 0.05) is 19.3 Å². The van der Waals surface area contributed by atoms with Crippen LogP contribution in [0.1, 0.15) is 39.6 Å². The van der Waals surface area contributed by atoms with Gasteiger partial charge >= 0.3 is 0 Å². The molecule has 2 aromatic rings. The molecule has 1 aromatic carbocycles. The first-order valence-electron chi connectivity index (χ1n) is 8.31. The maximum absolute atomic E-state index is 12.6. The van der Waals surface area contributed by atoms with Crippen LogP contribution in [0.25, 0.3) is 0 Å². The second-order valence-corrected chi connectivity index (χ2v) is 6.43. The Bertz CT molecular complexity index is 858. The summed E-state index contributed by atoms with van der Waals surface area (Å²) in [7, 11) is 1.46. The van der Waals surface area contributed by atoms with Gasteiger partial charge in [0.1, 0.15) is 5.56 Å². The molecule has 0 saturated heterocycles. The van der Waals surface area contributed by atoms with Crippen molar-refractivity contribution in [2.75, 3.05) is 7.05 Å². The Morgan fingerprint density at radius 3 is 2.48 bits per heavy atom. The number of nitrogens with one attached hydrogen (secondary N) is 2. The van der Waals surface area contributed by atoms with E-state index in [1.54, 1.807) is 0 Å². The van der Waals surface area contributed by atoms with Crippen molar-refractivity contribution in [3.05, 3.63) is 69.6 Å². The zero-order valence-electron chi connectivity index (χ0n) is 14.3. The van der Waals surface area contributed by atoms with Gasteiger partial charge in [0.15, 0.2) is 0 Å². The van der Waals surface area contributed by atoms with Gasteiger partial charge in [-0.2, -0.15) is 0 Å². The Morgan fingerprint density at radius 1 is 1.20 bits per heavy atom. The Balaban J connectivity index is 1.97. The number of carbonyl (C=O) groups excluding carboxylic acids is 2. The van der Waals surface area contributed by atoms with Crippen LogP contribution in [0.15, 0.2) is 47.4 Å². The fourth-order valence-electron chi connectivity index (χ4n) is 2.73. The molecule has 0 bridgehead atoms. The van der Waals surface area contributed by atoms with E-state index in [0.29, 0.717) is 18.0 Å². The van der Waals surface area contributed by atoms with Crippen LogP contribution in [-0.2, 0) is 6.54 Å². The molecule has 25 heavy (non-hydrogen) atoms. The van der Waals surface area contributed by atoms with Crippen molar-refractivity contribution < 1.29 is 9.59 Å². The molecule has 1 saturated carbocycles. The summed E-state index contributed by atoms with van der Waals surface area (Å²) in [5.41, 5.74) is 0.781. The molecule has 1 heterocycles. The molecule has 1 aliphatic rings. The minimum absolute atomic E-state index is 0.0325. The van der Waals surface area contributed by atoms with Gasteiger partial charge in [-0.15, -0.1) is 0 Å². The topological polar surface area (TPSA) is 80.2 Å². The lowest BCUT2D eigenvalue weighted by Gasteiger charge is -2.12. The van der Waals surface area contributed by atoms with E-state index in [0.717, 1.165) is 12.0 Å². The van der Waals surface area contributed by atoms with Gasteiger partial charge < -0.3 is 15.2 Å². The van der Waals surface area contributed by atoms with Crippen molar-refractivity contribution in [1.29, 1.82) is 0 Å². The smallest absolute Gasteiger partial charge is 0.263 e. The lowest BCUT2D eigenvalue weighted by molar-refractivity contribution is 0.0948. The first-order chi connectivity index (χ1) is 12.0. The molecule has 0 radical (unpaired) electrons. The summed E-state index contributed by atoms with van der Waals surface area (Å²) in [4.78, 5) is 37.1. The number of aromatic nitrogens is 1. The highest BCUT2D eigenvalue weighted by atomic mass is 16.2. The second kappa shape index (κ2) is 6.93. The summed E-state index contributed by atoms with van der Waals surface area (Å²) in [5, 5.41) is 5.38. The molecule has 6 nitrogen and oxygen atoms in total. The third-order valence-corrected chi connectivity index (χ3v) is 4.44. The lowest BCUT2D eigenvalue weighted by atomic mass is 10.1. The molecule has 1 fully saturated rings. The van der Waals surface area contributed by atoms with Gasteiger partial charge in [-0.05, 0) is 24.0 Å². The minimum Gasteiger partial charge on any atom is -0.355 e. The van der Waals surface area contributed by atoms with Crippen molar-refractivity contribution in [1.82, 2.24) is 15.2 Å². The van der Waals surface area contributed by atoms with Crippen LogP contribution in [0.2, 0.25) is 0 Å². The van der Waals surface area contributed by atoms with Crippen LogP contribution >= 0.6 is 0 Å². The lowest BCUT2D eigenvalue weighted by Crippen LogP contribution is -2.34. The van der Waals surface area contributed by atoms with Crippen LogP contribution in [0.3, 0.4) is 0 Å². The van der Waals surface area contributed by atoms with E-state index < -0.39 is 11.5 Å². The van der Waals surface area contributed by atoms with E-state index in [1.165, 1.54) is 23.9 Å². The number of benzene rings is 1. The van der Waals surface area contributed by atoms with E-state index in [-0.39, 0.29) is 17.5 Å². The van der Waals surface area contributed by atoms with E-state index in [4.69, 9.17) is 0 Å². The molecular weight excluding hydrogens is 318 g/mol. The highest BCUT2D eigenvalue weighted by molar-refractivity contribution is 5.99. The van der Waals surface area contributed by atoms with Crippen LogP contribution in [0, 0.1) is 5.92 Å². The number of nitrogens with zero attached hydrogens (tertiary/aromatic N) is 1. The molecule has 2 N–H and O–H groups in total. The number of carbonyl (C=O) groups is 2. The van der Waals surface area contributed by atoms with E-state index in [1.807, 2.05) is 30.3 Å². The van der Waals surface area contributed by atoms with Crippen LogP contribution in [0.4, 0.5) is 0 Å². The van der Waals surface area contributed by atoms with Gasteiger partial charge in [0.2, 0.25) is 0 Å². The summed E-state index contributed by atoms with van der Waals surface area (Å²) in [6.07, 6.45) is 2.47. The second-order valence-electron chi connectivity index (χ2n) is 6.43. The van der Waals surface area contributed by atoms with Crippen LogP contribution in [0.5, 0.6) is 0 Å². The number of rotatable bonds is 5. The Labute approximate surface area is 145 Å². The highest BCUT2D eigenvalue weighted by Crippen LogP contribution is 2.29. The highest BCUT2D eigenvalue weighted by Gasteiger charge is 2.34. The maximum Gasteiger partial charge on any atom is 0.263 e. The predicted molar refractivity (Wildman–Crippen MR) is 94.7 cm³/mol. The Hall–Kier alpha value is -2.89. The molecule has 0 aliphatic heterocycles. The fourth-order valence-corrected chi connectivity index (χ4v) is 2.73. The van der Waals surface area contributed by atoms with E-state index in [9.17, 15) is 14.4 Å². The van der Waals surface area contributed by atoms with Crippen molar-refractivity contribution in [3.8, 4) is 0 Å². The number of amides is 2. The Morgan fingerprint density at radius 2 is 1.88 bits per heavy atom. The molecule has 1 aromatic heterocycles. The predicted octanol–water partition coefficient (Wildman–Crippen LogP) is 1.39. The molecule has 0 spiro atoms. The van der Waals surface area contributed by atoms with Crippen LogP contribution < -0.4 is 16.2 Å². The largest absolute Gasteiger partial charge is 0.355 e. The van der Waals surface area contributed by atoms with Gasteiger partial charge in [-0.3, -0.25) is 14.4 Å². The minimum atomic E-state index is -0.499. The molecule has 130 valence electrons. The van der Waals surface area contributed by atoms with Gasteiger partial charge in [0.25, 0.3) is 17.4 Å². The standard InChI is InChI=1S/C19H21N3O3/c1-12-8-16(12)21-17(23)14-9-15(18(24)20-2)19(25)22(11-14)10-13-6-4-3-5-7-13/h3-7,9,11-12,16H,8,10H2,1-2H3,(H,20,24)(H,21,23)/t12-,16+/m1/s1. The molecule has 0 unspecified atom stereocenters. The van der Waals surface area contributed by atoms with Gasteiger partial charge in [-0.1, -0.05) is 37.3 Å². The zero-order valence-corrected chi connectivity index (χ0v) is 14.3. The molecule has 6 heteroatoms. The maximum atomic E-state index is 12.6. The summed E-state index contributed by atoms with van der Waals surface area (Å²) in [5.74, 6) is -0.292. The molecule has 2 atom stereocenters. The summed E-state index contributed by atoms with van der Waals surface area (Å²) in [6.45, 7) is 2.36.